The molecule has 0 radical (unpaired) electrons. The van der Waals surface area contributed by atoms with E-state index in [9.17, 15) is 0 Å². The minimum Gasteiger partial charge on any atom is -0.0955 e. The van der Waals surface area contributed by atoms with Crippen LogP contribution in [0.2, 0.25) is 0 Å². The van der Waals surface area contributed by atoms with E-state index in [-0.39, 0.29) is 0 Å². The van der Waals surface area contributed by atoms with E-state index in [4.69, 9.17) is 6.58 Å². The van der Waals surface area contributed by atoms with E-state index in [1.807, 2.05) is 0 Å². The molecule has 0 heteroatoms. The Morgan fingerprint density at radius 3 is 2.00 bits per heavy atom. The molecule has 1 unspecified atom stereocenters. The van der Waals surface area contributed by atoms with Gasteiger partial charge in [-0.3, -0.25) is 0 Å². The molecular weight excluding hydrogens is 625 g/mol. The molecule has 0 saturated heterocycles. The normalized spacial score (nSPS) is 19.5. The van der Waals surface area contributed by atoms with E-state index in [2.05, 4.69) is 133 Å². The van der Waals surface area contributed by atoms with Crippen molar-refractivity contribution in [2.24, 2.45) is 35.0 Å². The van der Waals surface area contributed by atoms with Gasteiger partial charge in [0.2, 0.25) is 0 Å². The van der Waals surface area contributed by atoms with Gasteiger partial charge in [-0.05, 0) is 139 Å². The molecule has 52 heavy (non-hydrogen) atoms. The summed E-state index contributed by atoms with van der Waals surface area (Å²) in [7, 11) is 0. The zero-order valence-electron chi connectivity index (χ0n) is 36.7. The maximum absolute atomic E-state index is 4.72. The SMILES string of the molecule is C=C(C)C(=C\C1=C(C)CC[C@H](C(C)(C)C)C1)/C=C(\C)C(=C)C(C)[C@H](CCC1CCCCC1)c1ccc(C(=C)CC)cc1.CCC[C@H](C)C(CC)CC. The third kappa shape index (κ3) is 14.5. The Bertz CT molecular complexity index is 1340. The average Bonchev–Trinajstić information content (AvgIpc) is 3.12. The van der Waals surface area contributed by atoms with Gasteiger partial charge in [0.05, 0.1) is 0 Å². The van der Waals surface area contributed by atoms with Gasteiger partial charge in [-0.1, -0.05) is 187 Å². The lowest BCUT2D eigenvalue weighted by molar-refractivity contribution is 0.217. The molecule has 2 aliphatic rings. The van der Waals surface area contributed by atoms with Crippen molar-refractivity contribution in [2.75, 3.05) is 0 Å². The van der Waals surface area contributed by atoms with Crippen LogP contribution in [-0.2, 0) is 0 Å². The summed E-state index contributed by atoms with van der Waals surface area (Å²) in [6.07, 6.45) is 24.6. The molecule has 0 amide bonds. The maximum atomic E-state index is 4.72. The van der Waals surface area contributed by atoms with Gasteiger partial charge in [0.25, 0.3) is 0 Å². The Morgan fingerprint density at radius 1 is 0.865 bits per heavy atom. The molecular formula is C52H84. The molecule has 0 N–H and O–H groups in total. The third-order valence-electron chi connectivity index (χ3n) is 13.3. The van der Waals surface area contributed by atoms with Gasteiger partial charge in [-0.15, -0.1) is 0 Å². The summed E-state index contributed by atoms with van der Waals surface area (Å²) in [4.78, 5) is 0. The van der Waals surface area contributed by atoms with Crippen LogP contribution in [0.15, 0.2) is 89.6 Å². The summed E-state index contributed by atoms with van der Waals surface area (Å²) in [5.41, 5.74) is 12.3. The lowest BCUT2D eigenvalue weighted by Crippen LogP contribution is -2.23. The molecule has 2 aliphatic carbocycles. The molecule has 1 saturated carbocycles. The second-order valence-electron chi connectivity index (χ2n) is 18.2. The highest BCUT2D eigenvalue weighted by molar-refractivity contribution is 5.63. The van der Waals surface area contributed by atoms with Gasteiger partial charge >= 0.3 is 0 Å². The Kier molecular flexibility index (Phi) is 20.1. The van der Waals surface area contributed by atoms with Crippen LogP contribution in [0.3, 0.4) is 0 Å². The van der Waals surface area contributed by atoms with Crippen molar-refractivity contribution in [3.05, 3.63) is 101 Å². The van der Waals surface area contributed by atoms with E-state index < -0.39 is 0 Å². The van der Waals surface area contributed by atoms with Gasteiger partial charge in [0.1, 0.15) is 0 Å². The molecule has 1 aromatic carbocycles. The highest BCUT2D eigenvalue weighted by Gasteiger charge is 2.29. The van der Waals surface area contributed by atoms with Crippen LogP contribution in [-0.4, -0.2) is 0 Å². The van der Waals surface area contributed by atoms with Crippen molar-refractivity contribution in [1.29, 1.82) is 0 Å². The second-order valence-corrected chi connectivity index (χ2v) is 18.2. The summed E-state index contributed by atoms with van der Waals surface area (Å²) >= 11 is 0. The molecule has 292 valence electrons. The Morgan fingerprint density at radius 2 is 1.48 bits per heavy atom. The van der Waals surface area contributed by atoms with Crippen LogP contribution in [0.4, 0.5) is 0 Å². The predicted molar refractivity (Wildman–Crippen MR) is 237 cm³/mol. The average molecular weight is 709 g/mol. The third-order valence-corrected chi connectivity index (χ3v) is 13.3. The van der Waals surface area contributed by atoms with Gasteiger partial charge in [-0.2, -0.15) is 0 Å². The van der Waals surface area contributed by atoms with Crippen LogP contribution in [0, 0.1) is 35.0 Å². The van der Waals surface area contributed by atoms with Gasteiger partial charge < -0.3 is 0 Å². The molecule has 0 heterocycles. The van der Waals surface area contributed by atoms with E-state index in [1.54, 1.807) is 5.57 Å². The first kappa shape index (κ1) is 45.8. The molecule has 4 atom stereocenters. The lowest BCUT2D eigenvalue weighted by atomic mass is 9.70. The van der Waals surface area contributed by atoms with Crippen LogP contribution < -0.4 is 0 Å². The molecule has 3 rings (SSSR count). The van der Waals surface area contributed by atoms with E-state index >= 15 is 0 Å². The number of benzene rings is 1. The van der Waals surface area contributed by atoms with Gasteiger partial charge in [-0.25, -0.2) is 0 Å². The highest BCUT2D eigenvalue weighted by Crippen LogP contribution is 2.42. The number of hydrogen-bond donors (Lipinski definition) is 0. The Hall–Kier alpha value is -2.34. The maximum Gasteiger partial charge on any atom is -0.00957 e. The number of allylic oxidation sites excluding steroid dienone is 9. The highest BCUT2D eigenvalue weighted by atomic mass is 14.3. The molecule has 0 spiro atoms. The van der Waals surface area contributed by atoms with E-state index in [0.717, 1.165) is 35.7 Å². The first-order valence-electron chi connectivity index (χ1n) is 21.8. The van der Waals surface area contributed by atoms with Gasteiger partial charge in [0.15, 0.2) is 0 Å². The molecule has 1 fully saturated rings. The fraction of sp³-hybridized carbons (Fsp3) is 0.654. The van der Waals surface area contributed by atoms with Crippen molar-refractivity contribution in [2.45, 2.75) is 185 Å². The standard InChI is InChI=1S/C42H62.C10H22/c1-12-30(4)36-20-22-37(23-21-36)41(25-19-35-16-14-13-15-17-35)34(8)33(7)32(6)26-38(29(2)3)27-39-28-40(42(9,10)11)24-18-31(39)5;1-5-8-9(4)10(6-2)7-3/h20-23,26-27,34-35,40-41H,2,4,7,12-19,24-25,28H2,1,3,5-6,8-11H3;9-10H,5-8H2,1-4H3/b32-26+,38-27-;/t34?,40-,41-;9-/m00/s1. The first-order valence-corrected chi connectivity index (χ1v) is 21.8. The van der Waals surface area contributed by atoms with Crippen molar-refractivity contribution in [3.63, 3.8) is 0 Å². The minimum absolute atomic E-state index is 0.341. The summed E-state index contributed by atoms with van der Waals surface area (Å²) in [6.45, 7) is 41.2. The molecule has 0 bridgehead atoms. The molecule has 1 aromatic rings. The molecule has 0 aromatic heterocycles. The lowest BCUT2D eigenvalue weighted by Gasteiger charge is -2.35. The Labute approximate surface area is 325 Å². The Balaban J connectivity index is 0.000000815. The quantitative estimate of drug-likeness (QED) is 0.141. The van der Waals surface area contributed by atoms with Crippen LogP contribution in [0.1, 0.15) is 196 Å². The summed E-state index contributed by atoms with van der Waals surface area (Å²) in [5, 5.41) is 0. The number of hydrogen-bond acceptors (Lipinski definition) is 0. The van der Waals surface area contributed by atoms with Crippen molar-refractivity contribution in [1.82, 2.24) is 0 Å². The van der Waals surface area contributed by atoms with E-state index in [1.165, 1.54) is 129 Å². The van der Waals surface area contributed by atoms with Crippen LogP contribution >= 0.6 is 0 Å². The largest absolute Gasteiger partial charge is 0.0955 e. The zero-order valence-corrected chi connectivity index (χ0v) is 36.7. The van der Waals surface area contributed by atoms with Crippen molar-refractivity contribution in [3.8, 4) is 0 Å². The molecule has 0 aliphatic heterocycles. The topological polar surface area (TPSA) is 0 Å². The monoisotopic (exact) mass is 709 g/mol. The smallest absolute Gasteiger partial charge is 0.00957 e. The van der Waals surface area contributed by atoms with E-state index in [0.29, 0.717) is 17.3 Å². The fourth-order valence-electron chi connectivity index (χ4n) is 8.97. The van der Waals surface area contributed by atoms with Crippen LogP contribution in [0.25, 0.3) is 5.57 Å². The fourth-order valence-corrected chi connectivity index (χ4v) is 8.97. The van der Waals surface area contributed by atoms with Gasteiger partial charge in [0, 0.05) is 0 Å². The first-order chi connectivity index (χ1) is 24.6. The molecule has 0 nitrogen and oxygen atoms in total. The minimum atomic E-state index is 0.341. The van der Waals surface area contributed by atoms with Crippen molar-refractivity contribution < 1.29 is 0 Å². The number of rotatable bonds is 17. The summed E-state index contributed by atoms with van der Waals surface area (Å²) < 4.78 is 0. The predicted octanol–water partition coefficient (Wildman–Crippen LogP) is 17.2. The summed E-state index contributed by atoms with van der Waals surface area (Å²) in [5.74, 6) is 4.38. The van der Waals surface area contributed by atoms with Crippen LogP contribution in [0.5, 0.6) is 0 Å². The zero-order chi connectivity index (χ0) is 39.0. The summed E-state index contributed by atoms with van der Waals surface area (Å²) in [6, 6.07) is 9.32. The second kappa shape index (κ2) is 22.8. The van der Waals surface area contributed by atoms with Crippen molar-refractivity contribution >= 4 is 5.57 Å².